The summed E-state index contributed by atoms with van der Waals surface area (Å²) < 4.78 is 38.1. The molecule has 0 aromatic carbocycles. The average Bonchev–Trinajstić information content (AvgIpc) is 2.53. The first-order valence-corrected chi connectivity index (χ1v) is 7.56. The van der Waals surface area contributed by atoms with Crippen molar-refractivity contribution in [2.75, 3.05) is 37.6 Å². The van der Waals surface area contributed by atoms with Crippen molar-refractivity contribution in [3.63, 3.8) is 0 Å². The Bertz CT molecular complexity index is 516. The summed E-state index contributed by atoms with van der Waals surface area (Å²) in [7, 11) is 0. The fourth-order valence-electron chi connectivity index (χ4n) is 2.49. The summed E-state index contributed by atoms with van der Waals surface area (Å²) in [5.74, 6) is 0.103. The molecule has 1 N–H and O–H groups in total. The predicted octanol–water partition coefficient (Wildman–Crippen LogP) is 1.94. The number of rotatable bonds is 6. The van der Waals surface area contributed by atoms with Crippen molar-refractivity contribution in [1.29, 1.82) is 0 Å². The van der Waals surface area contributed by atoms with Crippen molar-refractivity contribution in [1.82, 2.24) is 14.9 Å². The van der Waals surface area contributed by atoms with Crippen LogP contribution in [-0.2, 0) is 6.18 Å². The van der Waals surface area contributed by atoms with E-state index in [4.69, 9.17) is 0 Å². The number of allylic oxidation sites excluding steroid dienone is 1. The second kappa shape index (κ2) is 7.74. The van der Waals surface area contributed by atoms with Crippen LogP contribution in [0.2, 0.25) is 0 Å². The van der Waals surface area contributed by atoms with Gasteiger partial charge < -0.3 is 10.0 Å². The monoisotopic (exact) mass is 330 g/mol. The third-order valence-electron chi connectivity index (χ3n) is 3.76. The third-order valence-corrected chi connectivity index (χ3v) is 3.76. The molecule has 8 heteroatoms. The van der Waals surface area contributed by atoms with E-state index in [9.17, 15) is 18.3 Å². The number of halogens is 3. The van der Waals surface area contributed by atoms with Crippen molar-refractivity contribution in [3.05, 3.63) is 30.6 Å². The maximum absolute atomic E-state index is 12.7. The largest absolute Gasteiger partial charge is 0.433 e. The topological polar surface area (TPSA) is 52.5 Å². The van der Waals surface area contributed by atoms with Gasteiger partial charge in [-0.3, -0.25) is 4.90 Å². The van der Waals surface area contributed by atoms with E-state index >= 15 is 0 Å². The Morgan fingerprint density at radius 1 is 1.30 bits per heavy atom. The molecule has 2 heterocycles. The molecule has 2 rings (SSSR count). The van der Waals surface area contributed by atoms with Crippen LogP contribution in [0.25, 0.3) is 0 Å². The Kier molecular flexibility index (Phi) is 5.95. The maximum atomic E-state index is 12.7. The molecular formula is C15H21F3N4O. The van der Waals surface area contributed by atoms with Crippen molar-refractivity contribution >= 4 is 5.95 Å². The molecule has 0 saturated carbocycles. The molecule has 0 bridgehead atoms. The Balaban J connectivity index is 1.88. The lowest BCUT2D eigenvalue weighted by molar-refractivity contribution is -0.141. The SMILES string of the molecule is C=CCCC(O)CN1CCN(c2nccc(C(F)(F)F)n2)CC1. The van der Waals surface area contributed by atoms with Crippen LogP contribution >= 0.6 is 0 Å². The Morgan fingerprint density at radius 2 is 2.00 bits per heavy atom. The van der Waals surface area contributed by atoms with Crippen LogP contribution in [0.15, 0.2) is 24.9 Å². The van der Waals surface area contributed by atoms with Gasteiger partial charge in [-0.15, -0.1) is 6.58 Å². The lowest BCUT2D eigenvalue weighted by Gasteiger charge is -2.35. The van der Waals surface area contributed by atoms with Gasteiger partial charge in [0.25, 0.3) is 0 Å². The zero-order chi connectivity index (χ0) is 16.9. The summed E-state index contributed by atoms with van der Waals surface area (Å²) in [5.41, 5.74) is -0.926. The van der Waals surface area contributed by atoms with Crippen LogP contribution in [0, 0.1) is 0 Å². The number of alkyl halides is 3. The van der Waals surface area contributed by atoms with Crippen LogP contribution in [0.3, 0.4) is 0 Å². The van der Waals surface area contributed by atoms with E-state index in [2.05, 4.69) is 21.4 Å². The number of aliphatic hydroxyl groups excluding tert-OH is 1. The highest BCUT2D eigenvalue weighted by Gasteiger charge is 2.33. The molecule has 128 valence electrons. The Hall–Kier alpha value is -1.67. The lowest BCUT2D eigenvalue weighted by atomic mass is 10.1. The van der Waals surface area contributed by atoms with Crippen LogP contribution in [-0.4, -0.2) is 58.8 Å². The van der Waals surface area contributed by atoms with Gasteiger partial charge in [0.15, 0.2) is 0 Å². The molecule has 0 aliphatic carbocycles. The Labute approximate surface area is 133 Å². The molecule has 1 aromatic heterocycles. The van der Waals surface area contributed by atoms with Gasteiger partial charge in [0.1, 0.15) is 5.69 Å². The highest BCUT2D eigenvalue weighted by atomic mass is 19.4. The molecule has 23 heavy (non-hydrogen) atoms. The minimum absolute atomic E-state index is 0.103. The smallest absolute Gasteiger partial charge is 0.392 e. The zero-order valence-corrected chi connectivity index (χ0v) is 12.8. The summed E-state index contributed by atoms with van der Waals surface area (Å²) >= 11 is 0. The first-order chi connectivity index (χ1) is 10.9. The van der Waals surface area contributed by atoms with E-state index in [1.54, 1.807) is 11.0 Å². The third kappa shape index (κ3) is 5.18. The highest BCUT2D eigenvalue weighted by Crippen LogP contribution is 2.28. The molecule has 5 nitrogen and oxygen atoms in total. The van der Waals surface area contributed by atoms with E-state index < -0.39 is 18.0 Å². The predicted molar refractivity (Wildman–Crippen MR) is 81.1 cm³/mol. The van der Waals surface area contributed by atoms with E-state index in [1.807, 2.05) is 0 Å². The van der Waals surface area contributed by atoms with Crippen molar-refractivity contribution in [2.45, 2.75) is 25.1 Å². The quantitative estimate of drug-likeness (QED) is 0.808. The summed E-state index contributed by atoms with van der Waals surface area (Å²) in [6.45, 7) is 6.57. The molecule has 1 aromatic rings. The number of hydrogen-bond donors (Lipinski definition) is 1. The summed E-state index contributed by atoms with van der Waals surface area (Å²) in [6, 6.07) is 0.871. The van der Waals surface area contributed by atoms with E-state index in [0.717, 1.165) is 18.7 Å². The number of aliphatic hydroxyl groups is 1. The first-order valence-electron chi connectivity index (χ1n) is 7.56. The highest BCUT2D eigenvalue weighted by molar-refractivity contribution is 5.31. The molecular weight excluding hydrogens is 309 g/mol. The fraction of sp³-hybridized carbons (Fsp3) is 0.600. The number of aromatic nitrogens is 2. The normalized spacial score (nSPS) is 18.0. The first kappa shape index (κ1) is 17.7. The van der Waals surface area contributed by atoms with Gasteiger partial charge in [0.05, 0.1) is 6.10 Å². The molecule has 0 radical (unpaired) electrons. The van der Waals surface area contributed by atoms with E-state index in [-0.39, 0.29) is 5.95 Å². The van der Waals surface area contributed by atoms with Crippen molar-refractivity contribution in [2.24, 2.45) is 0 Å². The number of piperazine rings is 1. The number of β-amino-alcohol motifs (C(OH)–C–C–N with tert-alkyl or cyclic N) is 1. The zero-order valence-electron chi connectivity index (χ0n) is 12.8. The van der Waals surface area contributed by atoms with Crippen LogP contribution in [0.4, 0.5) is 19.1 Å². The molecule has 1 aliphatic rings. The van der Waals surface area contributed by atoms with E-state index in [0.29, 0.717) is 39.1 Å². The average molecular weight is 330 g/mol. The summed E-state index contributed by atoms with van der Waals surface area (Å²) in [5, 5.41) is 9.89. The van der Waals surface area contributed by atoms with Gasteiger partial charge in [-0.2, -0.15) is 13.2 Å². The summed E-state index contributed by atoms with van der Waals surface area (Å²) in [6.07, 6.45) is -0.540. The van der Waals surface area contributed by atoms with Crippen molar-refractivity contribution in [3.8, 4) is 0 Å². The lowest BCUT2D eigenvalue weighted by Crippen LogP contribution is -2.49. The van der Waals surface area contributed by atoms with Gasteiger partial charge >= 0.3 is 6.18 Å². The number of anilines is 1. The second-order valence-corrected chi connectivity index (χ2v) is 5.55. The number of nitrogens with zero attached hydrogens (tertiary/aromatic N) is 4. The molecule has 1 fully saturated rings. The minimum Gasteiger partial charge on any atom is -0.392 e. The fourth-order valence-corrected chi connectivity index (χ4v) is 2.49. The van der Waals surface area contributed by atoms with Gasteiger partial charge in [0.2, 0.25) is 5.95 Å². The minimum atomic E-state index is -4.46. The van der Waals surface area contributed by atoms with Crippen molar-refractivity contribution < 1.29 is 18.3 Å². The van der Waals surface area contributed by atoms with Gasteiger partial charge in [0, 0.05) is 38.9 Å². The summed E-state index contributed by atoms with van der Waals surface area (Å²) in [4.78, 5) is 11.4. The molecule has 1 unspecified atom stereocenters. The molecule has 0 spiro atoms. The molecule has 1 saturated heterocycles. The second-order valence-electron chi connectivity index (χ2n) is 5.55. The molecule has 1 atom stereocenters. The Morgan fingerprint density at radius 3 is 2.61 bits per heavy atom. The van der Waals surface area contributed by atoms with E-state index in [1.165, 1.54) is 0 Å². The maximum Gasteiger partial charge on any atom is 0.433 e. The van der Waals surface area contributed by atoms with Crippen LogP contribution in [0.1, 0.15) is 18.5 Å². The standard InChI is InChI=1S/C15H21F3N4O/c1-2-3-4-12(23)11-21-7-9-22(10-8-21)14-19-6-5-13(20-14)15(16,17)18/h2,5-6,12,23H,1,3-4,7-11H2. The van der Waals surface area contributed by atoms with Crippen LogP contribution in [0.5, 0.6) is 0 Å². The molecule has 0 amide bonds. The number of hydrogen-bond acceptors (Lipinski definition) is 5. The van der Waals surface area contributed by atoms with Gasteiger partial charge in [-0.1, -0.05) is 6.08 Å². The van der Waals surface area contributed by atoms with Gasteiger partial charge in [-0.25, -0.2) is 9.97 Å². The van der Waals surface area contributed by atoms with Gasteiger partial charge in [-0.05, 0) is 18.9 Å². The van der Waals surface area contributed by atoms with Crippen LogP contribution < -0.4 is 4.90 Å². The molecule has 1 aliphatic heterocycles.